The van der Waals surface area contributed by atoms with Crippen molar-refractivity contribution in [2.45, 2.75) is 6.54 Å². The predicted octanol–water partition coefficient (Wildman–Crippen LogP) is 1.96. The van der Waals surface area contributed by atoms with Gasteiger partial charge < -0.3 is 19.9 Å². The molecule has 2 aromatic heterocycles. The number of rotatable bonds is 3. The summed E-state index contributed by atoms with van der Waals surface area (Å²) in [6.45, 7) is 0.662. The maximum absolute atomic E-state index is 11.2. The van der Waals surface area contributed by atoms with Crippen LogP contribution in [0, 0.1) is 0 Å². The zero-order valence-corrected chi connectivity index (χ0v) is 11.8. The minimum Gasteiger partial charge on any atom is -0.378 e. The van der Waals surface area contributed by atoms with Gasteiger partial charge in [0.1, 0.15) is 0 Å². The van der Waals surface area contributed by atoms with E-state index in [9.17, 15) is 4.79 Å². The van der Waals surface area contributed by atoms with Crippen LogP contribution in [0.3, 0.4) is 0 Å². The van der Waals surface area contributed by atoms with Gasteiger partial charge in [-0.3, -0.25) is 0 Å². The summed E-state index contributed by atoms with van der Waals surface area (Å²) in [5.41, 5.74) is 3.35. The highest BCUT2D eigenvalue weighted by Gasteiger charge is 2.06. The Morgan fingerprint density at radius 2 is 2.11 bits per heavy atom. The molecule has 0 spiro atoms. The molecule has 0 atom stereocenters. The maximum atomic E-state index is 11.2. The molecule has 1 aromatic carbocycles. The molecule has 0 aliphatic carbocycles. The van der Waals surface area contributed by atoms with Crippen molar-refractivity contribution in [2.24, 2.45) is 7.05 Å². The molecule has 0 fully saturated rings. The van der Waals surface area contributed by atoms with Gasteiger partial charge in [-0.1, -0.05) is 0 Å². The van der Waals surface area contributed by atoms with Crippen LogP contribution < -0.4 is 11.0 Å². The average molecular weight is 322 g/mol. The molecule has 0 amide bonds. The molecule has 19 heavy (non-hydrogen) atoms. The quantitative estimate of drug-likeness (QED) is 0.690. The third kappa shape index (κ3) is 2.28. The highest BCUT2D eigenvalue weighted by atomic mass is 79.9. The number of nitrogens with zero attached hydrogens (tertiary/aromatic N) is 2. The van der Waals surface area contributed by atoms with Gasteiger partial charge in [0.15, 0.2) is 0 Å². The van der Waals surface area contributed by atoms with E-state index in [1.54, 1.807) is 6.33 Å². The third-order valence-electron chi connectivity index (χ3n) is 2.98. The number of aromatic nitrogens is 4. The first-order chi connectivity index (χ1) is 9.13. The second-order valence-corrected chi connectivity index (χ2v) is 5.16. The van der Waals surface area contributed by atoms with Crippen molar-refractivity contribution in [1.82, 2.24) is 19.5 Å². The van der Waals surface area contributed by atoms with Gasteiger partial charge in [0.2, 0.25) is 0 Å². The van der Waals surface area contributed by atoms with Gasteiger partial charge in [-0.15, -0.1) is 0 Å². The van der Waals surface area contributed by atoms with Crippen molar-refractivity contribution < 1.29 is 0 Å². The van der Waals surface area contributed by atoms with E-state index >= 15 is 0 Å². The van der Waals surface area contributed by atoms with Gasteiger partial charge in [0, 0.05) is 17.7 Å². The molecule has 3 N–H and O–H groups in total. The number of benzene rings is 1. The number of nitrogens with one attached hydrogen (secondary N) is 3. The summed E-state index contributed by atoms with van der Waals surface area (Å²) in [4.78, 5) is 20.8. The molecule has 0 bridgehead atoms. The summed E-state index contributed by atoms with van der Waals surface area (Å²) >= 11 is 3.49. The third-order valence-corrected chi connectivity index (χ3v) is 3.64. The molecule has 0 saturated heterocycles. The first-order valence-electron chi connectivity index (χ1n) is 5.74. The Kier molecular flexibility index (Phi) is 2.90. The van der Waals surface area contributed by atoms with Crippen molar-refractivity contribution in [2.75, 3.05) is 5.32 Å². The fourth-order valence-electron chi connectivity index (χ4n) is 1.93. The van der Waals surface area contributed by atoms with Crippen molar-refractivity contribution in [1.29, 1.82) is 0 Å². The molecule has 0 unspecified atom stereocenters. The van der Waals surface area contributed by atoms with Crippen LogP contribution in [0.5, 0.6) is 0 Å². The van der Waals surface area contributed by atoms with E-state index in [1.165, 1.54) is 0 Å². The Morgan fingerprint density at radius 1 is 1.37 bits per heavy atom. The molecule has 2 heterocycles. The minimum atomic E-state index is -0.203. The molecule has 0 aliphatic rings. The predicted molar refractivity (Wildman–Crippen MR) is 77.2 cm³/mol. The lowest BCUT2D eigenvalue weighted by Crippen LogP contribution is -2.04. The van der Waals surface area contributed by atoms with Crippen LogP contribution in [0.4, 0.5) is 5.69 Å². The van der Waals surface area contributed by atoms with Gasteiger partial charge in [-0.2, -0.15) is 0 Å². The summed E-state index contributed by atoms with van der Waals surface area (Å²) < 4.78 is 2.86. The van der Waals surface area contributed by atoms with Crippen LogP contribution in [0.25, 0.3) is 11.0 Å². The number of H-pyrrole nitrogens is 2. The fourth-order valence-corrected chi connectivity index (χ4v) is 2.42. The Labute approximate surface area is 117 Å². The van der Waals surface area contributed by atoms with Gasteiger partial charge in [-0.25, -0.2) is 9.78 Å². The van der Waals surface area contributed by atoms with Crippen LogP contribution in [0.15, 0.2) is 33.9 Å². The summed E-state index contributed by atoms with van der Waals surface area (Å²) in [7, 11) is 1.95. The fraction of sp³-hybridized carbons (Fsp3) is 0.167. The molecule has 0 radical (unpaired) electrons. The van der Waals surface area contributed by atoms with Crippen LogP contribution in [0.1, 0.15) is 5.69 Å². The molecule has 7 heteroatoms. The number of aromatic amines is 2. The lowest BCUT2D eigenvalue weighted by molar-refractivity contribution is 0.837. The molecular weight excluding hydrogens is 310 g/mol. The van der Waals surface area contributed by atoms with E-state index in [0.29, 0.717) is 6.54 Å². The number of hydrogen-bond acceptors (Lipinski definition) is 3. The Balaban J connectivity index is 1.90. The van der Waals surface area contributed by atoms with Gasteiger partial charge in [0.25, 0.3) is 0 Å². The zero-order chi connectivity index (χ0) is 13.4. The van der Waals surface area contributed by atoms with Crippen molar-refractivity contribution >= 4 is 32.7 Å². The first-order valence-corrected chi connectivity index (χ1v) is 6.53. The summed E-state index contributed by atoms with van der Waals surface area (Å²) in [5, 5.41) is 3.31. The molecule has 0 saturated carbocycles. The van der Waals surface area contributed by atoms with E-state index in [4.69, 9.17) is 0 Å². The number of anilines is 1. The summed E-state index contributed by atoms with van der Waals surface area (Å²) in [5.74, 6) is 0. The SMILES string of the molecule is Cn1cncc1CNc1cc2[nH]c(=O)[nH]c2cc1Br. The van der Waals surface area contributed by atoms with Crippen LogP contribution in [-0.2, 0) is 13.6 Å². The number of imidazole rings is 2. The van der Waals surface area contributed by atoms with E-state index < -0.39 is 0 Å². The standard InChI is InChI=1S/C12H12BrN5O/c1-18-6-14-4-7(18)5-15-9-3-11-10(2-8(9)13)16-12(19)17-11/h2-4,6,15H,5H2,1H3,(H2,16,17,19). The molecule has 0 aliphatic heterocycles. The number of halogens is 1. The maximum Gasteiger partial charge on any atom is 0.323 e. The number of fused-ring (bicyclic) bond motifs is 1. The van der Waals surface area contributed by atoms with E-state index in [2.05, 4.69) is 36.2 Å². The second-order valence-electron chi connectivity index (χ2n) is 4.31. The van der Waals surface area contributed by atoms with E-state index in [0.717, 1.165) is 26.9 Å². The zero-order valence-electron chi connectivity index (χ0n) is 10.2. The molecule has 3 aromatic rings. The van der Waals surface area contributed by atoms with Crippen molar-refractivity contribution in [3.63, 3.8) is 0 Å². The van der Waals surface area contributed by atoms with Crippen LogP contribution >= 0.6 is 15.9 Å². The van der Waals surface area contributed by atoms with Gasteiger partial charge >= 0.3 is 5.69 Å². The largest absolute Gasteiger partial charge is 0.378 e. The smallest absolute Gasteiger partial charge is 0.323 e. The first kappa shape index (κ1) is 12.0. The van der Waals surface area contributed by atoms with E-state index in [-0.39, 0.29) is 5.69 Å². The number of aryl methyl sites for hydroxylation is 1. The van der Waals surface area contributed by atoms with Crippen LogP contribution in [-0.4, -0.2) is 19.5 Å². The molecule has 98 valence electrons. The number of hydrogen-bond donors (Lipinski definition) is 3. The molecule has 6 nitrogen and oxygen atoms in total. The minimum absolute atomic E-state index is 0.203. The Hall–Kier alpha value is -2.02. The highest BCUT2D eigenvalue weighted by molar-refractivity contribution is 9.10. The lowest BCUT2D eigenvalue weighted by atomic mass is 10.2. The Bertz CT molecular complexity index is 785. The van der Waals surface area contributed by atoms with Crippen molar-refractivity contribution in [3.05, 3.63) is 45.3 Å². The van der Waals surface area contributed by atoms with Gasteiger partial charge in [-0.05, 0) is 28.1 Å². The lowest BCUT2D eigenvalue weighted by Gasteiger charge is -2.09. The second kappa shape index (κ2) is 4.58. The topological polar surface area (TPSA) is 78.5 Å². The normalized spacial score (nSPS) is 11.1. The monoisotopic (exact) mass is 321 g/mol. The summed E-state index contributed by atoms with van der Waals surface area (Å²) in [6, 6.07) is 3.77. The highest BCUT2D eigenvalue weighted by Crippen LogP contribution is 2.26. The van der Waals surface area contributed by atoms with Gasteiger partial charge in [0.05, 0.1) is 35.3 Å². The summed E-state index contributed by atoms with van der Waals surface area (Å²) in [6.07, 6.45) is 3.58. The molecular formula is C12H12BrN5O. The van der Waals surface area contributed by atoms with E-state index in [1.807, 2.05) is 29.9 Å². The molecule has 3 rings (SSSR count). The van der Waals surface area contributed by atoms with Crippen molar-refractivity contribution in [3.8, 4) is 0 Å². The van der Waals surface area contributed by atoms with Crippen LogP contribution in [0.2, 0.25) is 0 Å². The Morgan fingerprint density at radius 3 is 2.79 bits per heavy atom. The average Bonchev–Trinajstić information content (AvgIpc) is 2.91.